The Morgan fingerprint density at radius 3 is 2.42 bits per heavy atom. The summed E-state index contributed by atoms with van der Waals surface area (Å²) in [5.41, 5.74) is 5.00. The first-order chi connectivity index (χ1) is 8.77. The van der Waals surface area contributed by atoms with Crippen LogP contribution in [-0.2, 0) is 9.53 Å². The molecule has 0 aromatic carbocycles. The molecule has 2 rings (SSSR count). The van der Waals surface area contributed by atoms with Crippen LogP contribution in [0, 0.1) is 5.41 Å². The zero-order valence-corrected chi connectivity index (χ0v) is 12.9. The van der Waals surface area contributed by atoms with Crippen molar-refractivity contribution in [2.45, 2.75) is 58.2 Å². The van der Waals surface area contributed by atoms with E-state index in [1.54, 1.807) is 0 Å². The highest BCUT2D eigenvalue weighted by atomic mass is 32.1. The first kappa shape index (κ1) is 14.7. The van der Waals surface area contributed by atoms with Crippen LogP contribution in [0.5, 0.6) is 0 Å². The van der Waals surface area contributed by atoms with Gasteiger partial charge in [-0.05, 0) is 33.6 Å². The second-order valence-corrected chi connectivity index (χ2v) is 6.97. The summed E-state index contributed by atoms with van der Waals surface area (Å²) in [6, 6.07) is 0. The minimum absolute atomic E-state index is 0.0532. The highest BCUT2D eigenvalue weighted by Gasteiger charge is 2.48. The van der Waals surface area contributed by atoms with E-state index in [0.29, 0.717) is 18.1 Å². The molecule has 0 bridgehead atoms. The Morgan fingerprint density at radius 1 is 1.37 bits per heavy atom. The van der Waals surface area contributed by atoms with Crippen LogP contribution in [0.4, 0.5) is 0 Å². The predicted octanol–water partition coefficient (Wildman–Crippen LogP) is 1.86. The van der Waals surface area contributed by atoms with Crippen LogP contribution in [0.25, 0.3) is 0 Å². The largest absolute Gasteiger partial charge is 0.392 e. The highest BCUT2D eigenvalue weighted by Crippen LogP contribution is 2.41. The Labute approximate surface area is 120 Å². The maximum absolute atomic E-state index is 12.9. The number of hydrogen-bond acceptors (Lipinski definition) is 3. The molecule has 2 fully saturated rings. The summed E-state index contributed by atoms with van der Waals surface area (Å²) >= 11 is 5.20. The average Bonchev–Trinajstić information content (AvgIpc) is 2.75. The fourth-order valence-corrected chi connectivity index (χ4v) is 3.75. The lowest BCUT2D eigenvalue weighted by Crippen LogP contribution is -2.58. The summed E-state index contributed by atoms with van der Waals surface area (Å²) in [4.78, 5) is 15.2. The Morgan fingerprint density at radius 2 is 1.95 bits per heavy atom. The minimum atomic E-state index is -0.595. The summed E-state index contributed by atoms with van der Waals surface area (Å²) in [6.07, 6.45) is 3.72. The summed E-state index contributed by atoms with van der Waals surface area (Å²) in [6.45, 7) is 7.28. The molecule has 1 atom stereocenters. The Bertz CT molecular complexity index is 389. The van der Waals surface area contributed by atoms with Gasteiger partial charge in [0.25, 0.3) is 0 Å². The number of hydrogen-bond donors (Lipinski definition) is 1. The number of ether oxygens (including phenoxy) is 1. The molecule has 1 aliphatic heterocycles. The van der Waals surface area contributed by atoms with Crippen molar-refractivity contribution < 1.29 is 9.53 Å². The molecule has 2 N–H and O–H groups in total. The van der Waals surface area contributed by atoms with Crippen molar-refractivity contribution in [2.75, 3.05) is 13.1 Å². The molecule has 1 saturated heterocycles. The van der Waals surface area contributed by atoms with E-state index in [1.807, 2.05) is 25.7 Å². The zero-order valence-electron chi connectivity index (χ0n) is 12.1. The Balaban J connectivity index is 2.20. The molecule has 19 heavy (non-hydrogen) atoms. The van der Waals surface area contributed by atoms with Gasteiger partial charge in [0, 0.05) is 13.1 Å². The third kappa shape index (κ3) is 2.77. The van der Waals surface area contributed by atoms with Crippen molar-refractivity contribution in [3.8, 4) is 0 Å². The highest BCUT2D eigenvalue weighted by molar-refractivity contribution is 7.80. The van der Waals surface area contributed by atoms with Crippen LogP contribution in [0.2, 0.25) is 0 Å². The molecule has 0 radical (unpaired) electrons. The van der Waals surface area contributed by atoms with Gasteiger partial charge >= 0.3 is 0 Å². The van der Waals surface area contributed by atoms with Crippen molar-refractivity contribution in [3.63, 3.8) is 0 Å². The molecule has 108 valence electrons. The molecule has 0 aromatic rings. The molecule has 4 nitrogen and oxygen atoms in total. The number of rotatable bonds is 2. The molecule has 1 amide bonds. The van der Waals surface area contributed by atoms with Crippen LogP contribution < -0.4 is 5.73 Å². The maximum atomic E-state index is 12.9. The lowest BCUT2D eigenvalue weighted by atomic mass is 9.83. The Kier molecular flexibility index (Phi) is 3.89. The molecule has 0 aromatic heterocycles. The molecular weight excluding hydrogens is 260 g/mol. The monoisotopic (exact) mass is 284 g/mol. The number of carbonyl (C=O) groups is 1. The lowest BCUT2D eigenvalue weighted by Gasteiger charge is -2.44. The van der Waals surface area contributed by atoms with Gasteiger partial charge in [-0.2, -0.15) is 0 Å². The van der Waals surface area contributed by atoms with Gasteiger partial charge in [-0.3, -0.25) is 4.79 Å². The second-order valence-electron chi connectivity index (χ2n) is 6.53. The number of carbonyl (C=O) groups excluding carboxylic acids is 1. The molecule has 2 aliphatic rings. The van der Waals surface area contributed by atoms with E-state index < -0.39 is 5.41 Å². The first-order valence-corrected chi connectivity index (χ1v) is 7.45. The Hall–Kier alpha value is -0.680. The van der Waals surface area contributed by atoms with Crippen molar-refractivity contribution in [1.29, 1.82) is 0 Å². The summed E-state index contributed by atoms with van der Waals surface area (Å²) in [5, 5.41) is 0. The molecule has 0 spiro atoms. The molecular formula is C14H24N2O2S. The van der Waals surface area contributed by atoms with Crippen molar-refractivity contribution in [1.82, 2.24) is 4.90 Å². The van der Waals surface area contributed by atoms with Crippen LogP contribution in [0.1, 0.15) is 46.5 Å². The van der Waals surface area contributed by atoms with E-state index >= 15 is 0 Å². The van der Waals surface area contributed by atoms with E-state index in [1.165, 1.54) is 0 Å². The van der Waals surface area contributed by atoms with Gasteiger partial charge in [-0.25, -0.2) is 0 Å². The van der Waals surface area contributed by atoms with Crippen LogP contribution in [0.3, 0.4) is 0 Å². The number of nitrogens with two attached hydrogens (primary N) is 1. The topological polar surface area (TPSA) is 55.6 Å². The molecule has 5 heteroatoms. The second kappa shape index (κ2) is 5.02. The number of thiocarbonyl (C=S) groups is 1. The van der Waals surface area contributed by atoms with E-state index in [9.17, 15) is 4.79 Å². The van der Waals surface area contributed by atoms with E-state index in [2.05, 4.69) is 0 Å². The number of nitrogens with zero attached hydrogens (tertiary/aromatic N) is 1. The minimum Gasteiger partial charge on any atom is -0.392 e. The number of amides is 1. The van der Waals surface area contributed by atoms with E-state index in [4.69, 9.17) is 22.7 Å². The third-order valence-electron chi connectivity index (χ3n) is 4.19. The molecule has 1 aliphatic carbocycles. The van der Waals surface area contributed by atoms with Gasteiger partial charge in [0.1, 0.15) is 0 Å². The molecule has 1 unspecified atom stereocenters. The first-order valence-electron chi connectivity index (χ1n) is 7.04. The smallest absolute Gasteiger partial charge is 0.235 e. The number of morpholine rings is 1. The van der Waals surface area contributed by atoms with Gasteiger partial charge in [0.05, 0.1) is 22.1 Å². The van der Waals surface area contributed by atoms with Gasteiger partial charge in [0.2, 0.25) is 5.91 Å². The summed E-state index contributed by atoms with van der Waals surface area (Å²) in [7, 11) is 0. The van der Waals surface area contributed by atoms with Gasteiger partial charge in [0.15, 0.2) is 0 Å². The third-order valence-corrected chi connectivity index (χ3v) is 4.59. The molecule has 1 heterocycles. The normalized spacial score (nSPS) is 29.2. The summed E-state index contributed by atoms with van der Waals surface area (Å²) < 4.78 is 5.85. The van der Waals surface area contributed by atoms with Gasteiger partial charge < -0.3 is 15.4 Å². The van der Waals surface area contributed by atoms with E-state index in [0.717, 1.165) is 25.7 Å². The van der Waals surface area contributed by atoms with Gasteiger partial charge in [-0.1, -0.05) is 25.1 Å². The van der Waals surface area contributed by atoms with Crippen LogP contribution in [-0.4, -0.2) is 40.6 Å². The average molecular weight is 284 g/mol. The predicted molar refractivity (Wildman–Crippen MR) is 78.9 cm³/mol. The quantitative estimate of drug-likeness (QED) is 0.786. The maximum Gasteiger partial charge on any atom is 0.235 e. The SMILES string of the molecule is CC1CN(C(=O)C2(C(N)=S)CCCC2)CC(C)(C)O1. The zero-order chi connectivity index (χ0) is 14.3. The summed E-state index contributed by atoms with van der Waals surface area (Å²) in [5.74, 6) is 0.112. The van der Waals surface area contributed by atoms with Crippen molar-refractivity contribution in [2.24, 2.45) is 11.1 Å². The fourth-order valence-electron chi connectivity index (χ4n) is 3.46. The van der Waals surface area contributed by atoms with Crippen molar-refractivity contribution >= 4 is 23.1 Å². The van der Waals surface area contributed by atoms with Gasteiger partial charge in [-0.15, -0.1) is 0 Å². The standard InChI is InChI=1S/C14H24N2O2S/c1-10-8-16(9-13(2,3)18-10)12(17)14(11(15)19)6-4-5-7-14/h10H,4-9H2,1-3H3,(H2,15,19). The van der Waals surface area contributed by atoms with Crippen LogP contribution >= 0.6 is 12.2 Å². The van der Waals surface area contributed by atoms with Crippen LogP contribution in [0.15, 0.2) is 0 Å². The fraction of sp³-hybridized carbons (Fsp3) is 0.857. The molecule has 1 saturated carbocycles. The van der Waals surface area contributed by atoms with E-state index in [-0.39, 0.29) is 17.6 Å². The lowest BCUT2D eigenvalue weighted by molar-refractivity contribution is -0.163. The van der Waals surface area contributed by atoms with Crippen molar-refractivity contribution in [3.05, 3.63) is 0 Å².